The van der Waals surface area contributed by atoms with E-state index in [0.717, 1.165) is 33.1 Å². The van der Waals surface area contributed by atoms with Gasteiger partial charge in [0.1, 0.15) is 17.0 Å². The number of fused-ring (bicyclic) bond motifs is 2. The summed E-state index contributed by atoms with van der Waals surface area (Å²) in [5, 5.41) is 4.81. The normalized spacial score (nSPS) is 11.2. The quantitative estimate of drug-likeness (QED) is 0.605. The average Bonchev–Trinajstić information content (AvgIpc) is 3.13. The van der Waals surface area contributed by atoms with Crippen LogP contribution in [0.25, 0.3) is 22.0 Å². The van der Waals surface area contributed by atoms with Crippen molar-refractivity contribution in [3.8, 4) is 0 Å². The van der Waals surface area contributed by atoms with Crippen molar-refractivity contribution in [2.24, 2.45) is 0 Å². The van der Waals surface area contributed by atoms with E-state index >= 15 is 0 Å². The molecule has 5 heteroatoms. The number of furan rings is 1. The van der Waals surface area contributed by atoms with E-state index in [9.17, 15) is 4.79 Å². The number of aromatic nitrogens is 2. The summed E-state index contributed by atoms with van der Waals surface area (Å²) < 4.78 is 5.53. The number of rotatable bonds is 3. The molecule has 4 aromatic rings. The lowest BCUT2D eigenvalue weighted by atomic mass is 10.1. The summed E-state index contributed by atoms with van der Waals surface area (Å²) in [5.74, 6) is 0.417. The predicted octanol–water partition coefficient (Wildman–Crippen LogP) is 3.80. The Kier molecular flexibility index (Phi) is 3.12. The van der Waals surface area contributed by atoms with Crippen molar-refractivity contribution in [2.75, 3.05) is 5.32 Å². The van der Waals surface area contributed by atoms with E-state index in [-0.39, 0.29) is 12.3 Å². The van der Waals surface area contributed by atoms with Crippen LogP contribution in [0.2, 0.25) is 0 Å². The van der Waals surface area contributed by atoms with Gasteiger partial charge in [-0.2, -0.15) is 0 Å². The molecule has 4 rings (SSSR count). The third-order valence-electron chi connectivity index (χ3n) is 3.84. The molecule has 1 amide bonds. The van der Waals surface area contributed by atoms with Crippen molar-refractivity contribution in [2.45, 2.75) is 13.3 Å². The third kappa shape index (κ3) is 2.57. The van der Waals surface area contributed by atoms with Gasteiger partial charge in [-0.15, -0.1) is 0 Å². The standard InChI is InChI=1S/C18H15N3O2/c1-11-2-4-14-13(10-23-15(14)8-11)9-17(22)20-16-5-3-12-6-7-19-18(12)21-16/h2-8,10H,9H2,1H3,(H2,19,20,21,22). The molecule has 0 aliphatic heterocycles. The van der Waals surface area contributed by atoms with Gasteiger partial charge in [0.05, 0.1) is 12.7 Å². The van der Waals surface area contributed by atoms with Crippen LogP contribution in [0.4, 0.5) is 5.82 Å². The number of hydrogen-bond donors (Lipinski definition) is 2. The molecule has 3 heterocycles. The topological polar surface area (TPSA) is 70.9 Å². The second-order valence-electron chi connectivity index (χ2n) is 5.60. The zero-order chi connectivity index (χ0) is 15.8. The Morgan fingerprint density at radius 3 is 3.09 bits per heavy atom. The summed E-state index contributed by atoms with van der Waals surface area (Å²) in [5.41, 5.74) is 3.57. The highest BCUT2D eigenvalue weighted by atomic mass is 16.3. The molecule has 0 saturated heterocycles. The minimum absolute atomic E-state index is 0.119. The second kappa shape index (κ2) is 5.28. The van der Waals surface area contributed by atoms with E-state index < -0.39 is 0 Å². The first-order valence-electron chi connectivity index (χ1n) is 7.40. The number of aromatic amines is 1. The molecule has 0 aliphatic rings. The number of amides is 1. The first-order chi connectivity index (χ1) is 11.2. The van der Waals surface area contributed by atoms with Crippen LogP contribution in [0.15, 0.2) is 53.3 Å². The van der Waals surface area contributed by atoms with Gasteiger partial charge in [-0.3, -0.25) is 4.79 Å². The molecule has 0 radical (unpaired) electrons. The van der Waals surface area contributed by atoms with Crippen molar-refractivity contribution in [1.29, 1.82) is 0 Å². The molecule has 0 unspecified atom stereocenters. The number of nitrogens with zero attached hydrogens (tertiary/aromatic N) is 1. The second-order valence-corrected chi connectivity index (χ2v) is 5.60. The lowest BCUT2D eigenvalue weighted by Gasteiger charge is -2.04. The molecule has 1 aromatic carbocycles. The zero-order valence-corrected chi connectivity index (χ0v) is 12.6. The van der Waals surface area contributed by atoms with E-state index in [4.69, 9.17) is 4.42 Å². The van der Waals surface area contributed by atoms with Crippen LogP contribution in [0.1, 0.15) is 11.1 Å². The third-order valence-corrected chi connectivity index (χ3v) is 3.84. The van der Waals surface area contributed by atoms with Gasteiger partial charge in [0, 0.05) is 22.5 Å². The molecule has 23 heavy (non-hydrogen) atoms. The van der Waals surface area contributed by atoms with E-state index in [1.54, 1.807) is 12.3 Å². The molecule has 5 nitrogen and oxygen atoms in total. The van der Waals surface area contributed by atoms with Gasteiger partial charge in [-0.1, -0.05) is 12.1 Å². The molecule has 3 aromatic heterocycles. The van der Waals surface area contributed by atoms with Crippen LogP contribution in [0, 0.1) is 6.92 Å². The van der Waals surface area contributed by atoms with Crippen LogP contribution < -0.4 is 5.32 Å². The van der Waals surface area contributed by atoms with Crippen molar-refractivity contribution in [1.82, 2.24) is 9.97 Å². The Morgan fingerprint density at radius 2 is 2.17 bits per heavy atom. The van der Waals surface area contributed by atoms with E-state index in [0.29, 0.717) is 5.82 Å². The molecule has 0 aliphatic carbocycles. The Hall–Kier alpha value is -3.08. The predicted molar refractivity (Wildman–Crippen MR) is 89.4 cm³/mol. The number of anilines is 1. The Labute approximate surface area is 132 Å². The number of carbonyl (C=O) groups excluding carboxylic acids is 1. The van der Waals surface area contributed by atoms with Gasteiger partial charge in [0.15, 0.2) is 0 Å². The number of carbonyl (C=O) groups is 1. The number of nitrogens with one attached hydrogen (secondary N) is 2. The van der Waals surface area contributed by atoms with Crippen molar-refractivity contribution in [3.05, 3.63) is 60.0 Å². The number of hydrogen-bond acceptors (Lipinski definition) is 3. The van der Waals surface area contributed by atoms with Crippen LogP contribution in [0.5, 0.6) is 0 Å². The monoisotopic (exact) mass is 305 g/mol. The van der Waals surface area contributed by atoms with Gasteiger partial charge >= 0.3 is 0 Å². The fourth-order valence-corrected chi connectivity index (χ4v) is 2.69. The number of aryl methyl sites for hydroxylation is 1. The van der Waals surface area contributed by atoms with E-state index in [1.807, 2.05) is 43.5 Å². The van der Waals surface area contributed by atoms with Gasteiger partial charge in [-0.25, -0.2) is 4.98 Å². The summed E-state index contributed by atoms with van der Waals surface area (Å²) in [4.78, 5) is 19.7. The lowest BCUT2D eigenvalue weighted by molar-refractivity contribution is -0.115. The molecule has 0 spiro atoms. The first kappa shape index (κ1) is 13.6. The van der Waals surface area contributed by atoms with Crippen LogP contribution >= 0.6 is 0 Å². The smallest absolute Gasteiger partial charge is 0.230 e. The number of pyridine rings is 1. The van der Waals surface area contributed by atoms with Crippen LogP contribution in [0.3, 0.4) is 0 Å². The van der Waals surface area contributed by atoms with Crippen molar-refractivity contribution >= 4 is 33.7 Å². The lowest BCUT2D eigenvalue weighted by Crippen LogP contribution is -2.15. The summed E-state index contributed by atoms with van der Waals surface area (Å²) in [7, 11) is 0. The maximum atomic E-state index is 12.3. The summed E-state index contributed by atoms with van der Waals surface area (Å²) >= 11 is 0. The Morgan fingerprint density at radius 1 is 1.26 bits per heavy atom. The largest absolute Gasteiger partial charge is 0.464 e. The van der Waals surface area contributed by atoms with Gasteiger partial charge in [-0.05, 0) is 36.8 Å². The fraction of sp³-hybridized carbons (Fsp3) is 0.111. The van der Waals surface area contributed by atoms with Gasteiger partial charge in [0.25, 0.3) is 0 Å². The number of H-pyrrole nitrogens is 1. The molecular weight excluding hydrogens is 290 g/mol. The molecule has 114 valence electrons. The highest BCUT2D eigenvalue weighted by Crippen LogP contribution is 2.23. The van der Waals surface area contributed by atoms with E-state index in [1.165, 1.54) is 0 Å². The highest BCUT2D eigenvalue weighted by Gasteiger charge is 2.11. The van der Waals surface area contributed by atoms with E-state index in [2.05, 4.69) is 15.3 Å². The van der Waals surface area contributed by atoms with Crippen LogP contribution in [-0.4, -0.2) is 15.9 Å². The minimum atomic E-state index is -0.119. The number of benzene rings is 1. The highest BCUT2D eigenvalue weighted by molar-refractivity contribution is 5.95. The van der Waals surface area contributed by atoms with Crippen molar-refractivity contribution < 1.29 is 9.21 Å². The maximum absolute atomic E-state index is 12.3. The molecule has 0 atom stereocenters. The fourth-order valence-electron chi connectivity index (χ4n) is 2.69. The average molecular weight is 305 g/mol. The van der Waals surface area contributed by atoms with Gasteiger partial charge in [0.2, 0.25) is 5.91 Å². The summed E-state index contributed by atoms with van der Waals surface area (Å²) in [6.07, 6.45) is 3.72. The molecule has 0 fully saturated rings. The molecule has 0 saturated carbocycles. The Bertz CT molecular complexity index is 1010. The molecular formula is C18H15N3O2. The zero-order valence-electron chi connectivity index (χ0n) is 12.6. The first-order valence-corrected chi connectivity index (χ1v) is 7.40. The molecule has 2 N–H and O–H groups in total. The van der Waals surface area contributed by atoms with Gasteiger partial charge < -0.3 is 14.7 Å². The Balaban J connectivity index is 1.54. The SMILES string of the molecule is Cc1ccc2c(CC(=O)Nc3ccc4cc[nH]c4n3)coc2c1. The minimum Gasteiger partial charge on any atom is -0.464 e. The molecule has 0 bridgehead atoms. The van der Waals surface area contributed by atoms with Crippen LogP contribution in [-0.2, 0) is 11.2 Å². The van der Waals surface area contributed by atoms with Crippen molar-refractivity contribution in [3.63, 3.8) is 0 Å². The maximum Gasteiger partial charge on any atom is 0.230 e. The summed E-state index contributed by atoms with van der Waals surface area (Å²) in [6, 6.07) is 11.6. The summed E-state index contributed by atoms with van der Waals surface area (Å²) in [6.45, 7) is 2.01.